The summed E-state index contributed by atoms with van der Waals surface area (Å²) >= 11 is 3.71. The average Bonchev–Trinajstić information content (AvgIpc) is 2.18. The molecular formula is C11H13NO2S. The Morgan fingerprint density at radius 3 is 2.27 bits per heavy atom. The fourth-order valence-corrected chi connectivity index (χ4v) is 1.46. The van der Waals surface area contributed by atoms with Crippen molar-refractivity contribution in [2.24, 2.45) is 11.1 Å². The molecule has 0 radical (unpaired) electrons. The van der Waals surface area contributed by atoms with Crippen LogP contribution in [0.5, 0.6) is 0 Å². The third kappa shape index (κ3) is 2.59. The molecule has 0 saturated carbocycles. The monoisotopic (exact) mass is 223 g/mol. The molecule has 4 heteroatoms. The van der Waals surface area contributed by atoms with Gasteiger partial charge < -0.3 is 5.73 Å². The van der Waals surface area contributed by atoms with Gasteiger partial charge in [-0.2, -0.15) is 0 Å². The number of rotatable bonds is 4. The molecule has 0 fully saturated rings. The van der Waals surface area contributed by atoms with E-state index in [-0.39, 0.29) is 6.42 Å². The Morgan fingerprint density at radius 1 is 1.33 bits per heavy atom. The highest BCUT2D eigenvalue weighted by atomic mass is 32.1. The van der Waals surface area contributed by atoms with Crippen LogP contribution in [0, 0.1) is 5.41 Å². The predicted octanol–water partition coefficient (Wildman–Crippen LogP) is 1.18. The van der Waals surface area contributed by atoms with Crippen LogP contribution in [0.4, 0.5) is 0 Å². The van der Waals surface area contributed by atoms with E-state index >= 15 is 0 Å². The van der Waals surface area contributed by atoms with Crippen LogP contribution < -0.4 is 5.73 Å². The largest absolute Gasteiger partial charge is 0.369 e. The second-order valence-corrected chi connectivity index (χ2v) is 4.07. The lowest BCUT2D eigenvalue weighted by atomic mass is 9.84. The molecule has 15 heavy (non-hydrogen) atoms. The average molecular weight is 223 g/mol. The van der Waals surface area contributed by atoms with Gasteiger partial charge in [-0.1, -0.05) is 30.3 Å². The zero-order valence-electron chi connectivity index (χ0n) is 8.43. The molecule has 1 amide bonds. The first-order valence-corrected chi connectivity index (χ1v) is 4.99. The number of carbonyl (C=O) groups is 2. The molecule has 0 saturated heterocycles. The van der Waals surface area contributed by atoms with Crippen LogP contribution in [-0.2, 0) is 16.0 Å². The highest BCUT2D eigenvalue weighted by molar-refractivity contribution is 7.96. The Balaban J connectivity index is 2.95. The van der Waals surface area contributed by atoms with Crippen LogP contribution in [0.25, 0.3) is 0 Å². The fourth-order valence-electron chi connectivity index (χ4n) is 1.27. The minimum atomic E-state index is -1.23. The molecule has 80 valence electrons. The highest BCUT2D eigenvalue weighted by Crippen LogP contribution is 2.24. The van der Waals surface area contributed by atoms with Gasteiger partial charge in [0, 0.05) is 0 Å². The minimum Gasteiger partial charge on any atom is -0.369 e. The first kappa shape index (κ1) is 11.8. The van der Waals surface area contributed by atoms with Crippen molar-refractivity contribution in [3.05, 3.63) is 35.9 Å². The van der Waals surface area contributed by atoms with Crippen LogP contribution >= 0.6 is 12.6 Å². The quantitative estimate of drug-likeness (QED) is 0.594. The van der Waals surface area contributed by atoms with Crippen LogP contribution in [0.2, 0.25) is 0 Å². The summed E-state index contributed by atoms with van der Waals surface area (Å²) in [5, 5.41) is -0.501. The van der Waals surface area contributed by atoms with Crippen molar-refractivity contribution in [1.29, 1.82) is 0 Å². The van der Waals surface area contributed by atoms with Gasteiger partial charge in [-0.05, 0) is 18.9 Å². The van der Waals surface area contributed by atoms with Crippen molar-refractivity contribution in [2.45, 2.75) is 13.3 Å². The number of thiol groups is 1. The lowest BCUT2D eigenvalue weighted by Crippen LogP contribution is -2.41. The van der Waals surface area contributed by atoms with Gasteiger partial charge in [0.15, 0.2) is 0 Å². The number of primary amides is 1. The van der Waals surface area contributed by atoms with Crippen molar-refractivity contribution < 1.29 is 9.59 Å². The standard InChI is InChI=1S/C11H13NO2S/c1-11(9(12)13,10(14)15)7-8-5-3-2-4-6-8/h2-6H,7H2,1H3,(H2,12,13)(H,14,15). The smallest absolute Gasteiger partial charge is 0.232 e. The Kier molecular flexibility index (Phi) is 3.52. The van der Waals surface area contributed by atoms with Crippen LogP contribution in [0.15, 0.2) is 30.3 Å². The van der Waals surface area contributed by atoms with E-state index in [9.17, 15) is 9.59 Å². The molecule has 0 aromatic heterocycles. The van der Waals surface area contributed by atoms with E-state index in [1.165, 1.54) is 6.92 Å². The molecule has 3 nitrogen and oxygen atoms in total. The summed E-state index contributed by atoms with van der Waals surface area (Å²) < 4.78 is 0. The zero-order valence-corrected chi connectivity index (χ0v) is 9.33. The van der Waals surface area contributed by atoms with Gasteiger partial charge >= 0.3 is 0 Å². The lowest BCUT2D eigenvalue weighted by molar-refractivity contribution is -0.134. The van der Waals surface area contributed by atoms with E-state index in [0.29, 0.717) is 0 Å². The van der Waals surface area contributed by atoms with Crippen molar-refractivity contribution in [3.63, 3.8) is 0 Å². The van der Waals surface area contributed by atoms with Gasteiger partial charge in [0.25, 0.3) is 0 Å². The first-order valence-electron chi connectivity index (χ1n) is 4.54. The number of nitrogens with two attached hydrogens (primary N) is 1. The molecule has 1 atom stereocenters. The predicted molar refractivity (Wildman–Crippen MR) is 61.4 cm³/mol. The molecule has 1 unspecified atom stereocenters. The SMILES string of the molecule is CC(Cc1ccccc1)(C(N)=O)C(=O)S. The summed E-state index contributed by atoms with van der Waals surface area (Å²) in [7, 11) is 0. The van der Waals surface area contributed by atoms with Crippen LogP contribution in [0.3, 0.4) is 0 Å². The van der Waals surface area contributed by atoms with Crippen molar-refractivity contribution >= 4 is 23.7 Å². The molecule has 0 aliphatic rings. The topological polar surface area (TPSA) is 60.2 Å². The van der Waals surface area contributed by atoms with Gasteiger partial charge in [0.1, 0.15) is 5.41 Å². The summed E-state index contributed by atoms with van der Waals surface area (Å²) in [6, 6.07) is 9.25. The molecule has 0 bridgehead atoms. The van der Waals surface area contributed by atoms with Crippen LogP contribution in [-0.4, -0.2) is 11.0 Å². The maximum atomic E-state index is 11.3. The molecule has 1 aromatic carbocycles. The second kappa shape index (κ2) is 4.49. The van der Waals surface area contributed by atoms with E-state index < -0.39 is 16.4 Å². The number of hydrogen-bond acceptors (Lipinski definition) is 2. The van der Waals surface area contributed by atoms with E-state index in [2.05, 4.69) is 12.6 Å². The zero-order chi connectivity index (χ0) is 11.5. The number of carbonyl (C=O) groups excluding carboxylic acids is 2. The number of benzene rings is 1. The van der Waals surface area contributed by atoms with Gasteiger partial charge in [-0.15, -0.1) is 12.6 Å². The molecule has 0 aliphatic heterocycles. The summed E-state index contributed by atoms with van der Waals surface area (Å²) in [5.41, 5.74) is 4.87. The maximum absolute atomic E-state index is 11.3. The first-order chi connectivity index (χ1) is 6.97. The summed E-state index contributed by atoms with van der Waals surface area (Å²) in [6.45, 7) is 1.51. The number of amides is 1. The Bertz CT molecular complexity index is 361. The second-order valence-electron chi connectivity index (χ2n) is 3.66. The Labute approximate surface area is 94.1 Å². The molecule has 2 N–H and O–H groups in total. The molecule has 0 heterocycles. The molecule has 1 aromatic rings. The summed E-state index contributed by atoms with van der Waals surface area (Å²) in [6.07, 6.45) is 0.283. The highest BCUT2D eigenvalue weighted by Gasteiger charge is 2.37. The maximum Gasteiger partial charge on any atom is 0.232 e. The van der Waals surface area contributed by atoms with Crippen molar-refractivity contribution in [2.75, 3.05) is 0 Å². The minimum absolute atomic E-state index is 0.283. The fraction of sp³-hybridized carbons (Fsp3) is 0.273. The third-order valence-corrected chi connectivity index (χ3v) is 2.91. The van der Waals surface area contributed by atoms with E-state index in [1.54, 1.807) is 0 Å². The summed E-state index contributed by atoms with van der Waals surface area (Å²) in [4.78, 5) is 22.5. The van der Waals surface area contributed by atoms with Gasteiger partial charge in [0.2, 0.25) is 11.0 Å². The normalized spacial score (nSPS) is 14.3. The van der Waals surface area contributed by atoms with Gasteiger partial charge in [-0.3, -0.25) is 9.59 Å². The summed E-state index contributed by atoms with van der Waals surface area (Å²) in [5.74, 6) is -0.647. The Morgan fingerprint density at radius 2 is 1.87 bits per heavy atom. The molecular weight excluding hydrogens is 210 g/mol. The van der Waals surface area contributed by atoms with Crippen molar-refractivity contribution in [1.82, 2.24) is 0 Å². The molecule has 0 aliphatic carbocycles. The van der Waals surface area contributed by atoms with Crippen LogP contribution in [0.1, 0.15) is 12.5 Å². The van der Waals surface area contributed by atoms with E-state index in [1.807, 2.05) is 30.3 Å². The lowest BCUT2D eigenvalue weighted by Gasteiger charge is -2.21. The third-order valence-electron chi connectivity index (χ3n) is 2.42. The van der Waals surface area contributed by atoms with Gasteiger partial charge in [-0.25, -0.2) is 0 Å². The van der Waals surface area contributed by atoms with E-state index in [4.69, 9.17) is 5.73 Å². The van der Waals surface area contributed by atoms with Crippen molar-refractivity contribution in [3.8, 4) is 0 Å². The number of hydrogen-bond donors (Lipinski definition) is 2. The van der Waals surface area contributed by atoms with Gasteiger partial charge in [0.05, 0.1) is 0 Å². The van der Waals surface area contributed by atoms with E-state index in [0.717, 1.165) is 5.56 Å². The molecule has 1 rings (SSSR count). The molecule has 0 spiro atoms. The Hall–Kier alpha value is -1.29.